The first kappa shape index (κ1) is 8.48. The van der Waals surface area contributed by atoms with Crippen LogP contribution in [0.4, 0.5) is 0 Å². The van der Waals surface area contributed by atoms with Crippen molar-refractivity contribution in [3.8, 4) is 0 Å². The van der Waals surface area contributed by atoms with Gasteiger partial charge in [0.2, 0.25) is 0 Å². The molecule has 2 aliphatic heterocycles. The fourth-order valence-corrected chi connectivity index (χ4v) is 2.52. The molecule has 3 unspecified atom stereocenters. The van der Waals surface area contributed by atoms with E-state index in [-0.39, 0.29) is 0 Å². The fraction of sp³-hybridized carbons (Fsp3) is 1.00. The zero-order valence-electron chi connectivity index (χ0n) is 7.50. The molecule has 0 aromatic rings. The molecular formula is C9H18N2O. The van der Waals surface area contributed by atoms with E-state index in [9.17, 15) is 5.11 Å². The van der Waals surface area contributed by atoms with E-state index >= 15 is 0 Å². The molecule has 3 N–H and O–H groups in total. The van der Waals surface area contributed by atoms with Gasteiger partial charge in [0.05, 0.1) is 5.60 Å². The molecule has 0 spiro atoms. The molecule has 0 radical (unpaired) electrons. The van der Waals surface area contributed by atoms with Gasteiger partial charge in [-0.25, -0.2) is 0 Å². The highest BCUT2D eigenvalue weighted by Gasteiger charge is 2.41. The second-order valence-corrected chi connectivity index (χ2v) is 4.20. The van der Waals surface area contributed by atoms with E-state index in [1.54, 1.807) is 0 Å². The molecule has 0 aromatic carbocycles. The molecular weight excluding hydrogens is 152 g/mol. The molecule has 0 saturated carbocycles. The van der Waals surface area contributed by atoms with Gasteiger partial charge in [-0.05, 0) is 25.8 Å². The minimum absolute atomic E-state index is 0.435. The van der Waals surface area contributed by atoms with Crippen molar-refractivity contribution in [2.45, 2.75) is 24.9 Å². The monoisotopic (exact) mass is 170 g/mol. The highest BCUT2D eigenvalue weighted by molar-refractivity contribution is 4.96. The standard InChI is InChI=1S/C9H18N2O/c10-7-9(12)3-5-11-4-1-2-8(9)6-11/h8,12H,1-7,10H2. The molecule has 2 saturated heterocycles. The molecule has 2 rings (SSSR count). The summed E-state index contributed by atoms with van der Waals surface area (Å²) >= 11 is 0. The lowest BCUT2D eigenvalue weighted by atomic mass is 9.76. The number of fused-ring (bicyclic) bond motifs is 2. The van der Waals surface area contributed by atoms with Crippen LogP contribution in [0.5, 0.6) is 0 Å². The van der Waals surface area contributed by atoms with Crippen molar-refractivity contribution in [2.24, 2.45) is 11.7 Å². The highest BCUT2D eigenvalue weighted by atomic mass is 16.3. The maximum Gasteiger partial charge on any atom is 0.0821 e. The van der Waals surface area contributed by atoms with E-state index in [1.165, 1.54) is 13.0 Å². The molecule has 3 nitrogen and oxygen atoms in total. The van der Waals surface area contributed by atoms with Crippen LogP contribution in [0.15, 0.2) is 0 Å². The molecule has 0 aliphatic carbocycles. The lowest BCUT2D eigenvalue weighted by Crippen LogP contribution is -2.57. The Kier molecular flexibility index (Phi) is 2.10. The van der Waals surface area contributed by atoms with E-state index in [0.717, 1.165) is 25.9 Å². The Bertz CT molecular complexity index is 174. The average Bonchev–Trinajstić information content (AvgIpc) is 2.13. The van der Waals surface area contributed by atoms with Gasteiger partial charge in [-0.3, -0.25) is 0 Å². The molecule has 2 heterocycles. The summed E-state index contributed by atoms with van der Waals surface area (Å²) in [7, 11) is 0. The average molecular weight is 170 g/mol. The second-order valence-electron chi connectivity index (χ2n) is 4.20. The van der Waals surface area contributed by atoms with Crippen LogP contribution in [-0.2, 0) is 0 Å². The maximum atomic E-state index is 10.1. The van der Waals surface area contributed by atoms with Crippen molar-refractivity contribution in [2.75, 3.05) is 26.2 Å². The molecule has 0 aromatic heterocycles. The lowest BCUT2D eigenvalue weighted by molar-refractivity contribution is -0.0829. The highest BCUT2D eigenvalue weighted by Crippen LogP contribution is 2.33. The topological polar surface area (TPSA) is 49.5 Å². The number of piperidine rings is 2. The third kappa shape index (κ3) is 1.26. The number of hydrogen-bond donors (Lipinski definition) is 2. The van der Waals surface area contributed by atoms with E-state index in [2.05, 4.69) is 4.90 Å². The Hall–Kier alpha value is -0.120. The summed E-state index contributed by atoms with van der Waals surface area (Å²) in [4.78, 5) is 2.44. The first-order chi connectivity index (χ1) is 5.74. The Morgan fingerprint density at radius 3 is 3.08 bits per heavy atom. The van der Waals surface area contributed by atoms with Crippen LogP contribution in [-0.4, -0.2) is 41.8 Å². The van der Waals surface area contributed by atoms with Gasteiger partial charge in [0.1, 0.15) is 0 Å². The quantitative estimate of drug-likeness (QED) is 0.572. The third-order valence-electron chi connectivity index (χ3n) is 3.48. The van der Waals surface area contributed by atoms with E-state index < -0.39 is 5.60 Å². The molecule has 2 fully saturated rings. The van der Waals surface area contributed by atoms with Gasteiger partial charge in [0, 0.05) is 25.6 Å². The van der Waals surface area contributed by atoms with Gasteiger partial charge in [-0.2, -0.15) is 0 Å². The van der Waals surface area contributed by atoms with Gasteiger partial charge in [-0.1, -0.05) is 0 Å². The maximum absolute atomic E-state index is 10.1. The Morgan fingerprint density at radius 2 is 2.33 bits per heavy atom. The summed E-state index contributed by atoms with van der Waals surface area (Å²) in [6, 6.07) is 0. The van der Waals surface area contributed by atoms with Crippen molar-refractivity contribution in [1.82, 2.24) is 4.90 Å². The Balaban J connectivity index is 2.08. The largest absolute Gasteiger partial charge is 0.388 e. The van der Waals surface area contributed by atoms with Gasteiger partial charge in [0.15, 0.2) is 0 Å². The van der Waals surface area contributed by atoms with E-state index in [1.807, 2.05) is 0 Å². The number of hydrogen-bond acceptors (Lipinski definition) is 3. The third-order valence-corrected chi connectivity index (χ3v) is 3.48. The molecule has 3 atom stereocenters. The van der Waals surface area contributed by atoms with E-state index in [4.69, 9.17) is 5.73 Å². The molecule has 2 aliphatic rings. The Labute approximate surface area is 73.5 Å². The van der Waals surface area contributed by atoms with Gasteiger partial charge < -0.3 is 15.7 Å². The van der Waals surface area contributed by atoms with Crippen LogP contribution in [0.2, 0.25) is 0 Å². The van der Waals surface area contributed by atoms with Crippen molar-refractivity contribution < 1.29 is 5.11 Å². The van der Waals surface area contributed by atoms with Crippen LogP contribution in [0.1, 0.15) is 19.3 Å². The van der Waals surface area contributed by atoms with E-state index in [0.29, 0.717) is 12.5 Å². The smallest absolute Gasteiger partial charge is 0.0821 e. The lowest BCUT2D eigenvalue weighted by Gasteiger charge is -2.47. The fourth-order valence-electron chi connectivity index (χ4n) is 2.52. The normalized spacial score (nSPS) is 47.5. The Morgan fingerprint density at radius 1 is 1.50 bits per heavy atom. The zero-order valence-corrected chi connectivity index (χ0v) is 7.50. The summed E-state index contributed by atoms with van der Waals surface area (Å²) < 4.78 is 0. The first-order valence-electron chi connectivity index (χ1n) is 4.89. The minimum Gasteiger partial charge on any atom is -0.388 e. The van der Waals surface area contributed by atoms with Crippen LogP contribution in [0.25, 0.3) is 0 Å². The second kappa shape index (κ2) is 2.98. The molecule has 0 amide bonds. The number of rotatable bonds is 1. The predicted molar refractivity (Wildman–Crippen MR) is 47.8 cm³/mol. The molecule has 2 bridgehead atoms. The predicted octanol–water partition coefficient (Wildman–Crippen LogP) is -0.208. The summed E-state index contributed by atoms with van der Waals surface area (Å²) in [5, 5.41) is 10.1. The molecule has 70 valence electrons. The number of nitrogens with two attached hydrogens (primary N) is 1. The van der Waals surface area contributed by atoms with Gasteiger partial charge >= 0.3 is 0 Å². The summed E-state index contributed by atoms with van der Waals surface area (Å²) in [6.07, 6.45) is 3.26. The summed E-state index contributed by atoms with van der Waals surface area (Å²) in [5.74, 6) is 0.435. The van der Waals surface area contributed by atoms with Crippen molar-refractivity contribution in [3.05, 3.63) is 0 Å². The molecule has 3 heteroatoms. The first-order valence-corrected chi connectivity index (χ1v) is 4.89. The number of nitrogens with zero attached hydrogens (tertiary/aromatic N) is 1. The van der Waals surface area contributed by atoms with Crippen LogP contribution < -0.4 is 5.73 Å². The van der Waals surface area contributed by atoms with Crippen LogP contribution >= 0.6 is 0 Å². The van der Waals surface area contributed by atoms with Gasteiger partial charge in [0.25, 0.3) is 0 Å². The van der Waals surface area contributed by atoms with Crippen LogP contribution in [0.3, 0.4) is 0 Å². The van der Waals surface area contributed by atoms with Crippen LogP contribution in [0, 0.1) is 5.92 Å². The molecule has 12 heavy (non-hydrogen) atoms. The summed E-state index contributed by atoms with van der Waals surface area (Å²) in [5.41, 5.74) is 5.06. The van der Waals surface area contributed by atoms with Gasteiger partial charge in [-0.15, -0.1) is 0 Å². The van der Waals surface area contributed by atoms with Crippen molar-refractivity contribution >= 4 is 0 Å². The number of aliphatic hydroxyl groups is 1. The summed E-state index contributed by atoms with van der Waals surface area (Å²) in [6.45, 7) is 3.75. The van der Waals surface area contributed by atoms with Crippen molar-refractivity contribution in [1.29, 1.82) is 0 Å². The zero-order chi connectivity index (χ0) is 8.60. The SMILES string of the molecule is NCC1(O)CCN2CCCC1C2. The van der Waals surface area contributed by atoms with Crippen molar-refractivity contribution in [3.63, 3.8) is 0 Å². The minimum atomic E-state index is -0.545.